The highest BCUT2D eigenvalue weighted by Crippen LogP contribution is 2.23. The third-order valence-corrected chi connectivity index (χ3v) is 7.36. The molecular weight excluding hydrogens is 384 g/mol. The third kappa shape index (κ3) is 3.72. The van der Waals surface area contributed by atoms with E-state index in [0.717, 1.165) is 0 Å². The van der Waals surface area contributed by atoms with Crippen LogP contribution in [0.2, 0.25) is 0 Å². The van der Waals surface area contributed by atoms with Gasteiger partial charge in [-0.1, -0.05) is 0 Å². The summed E-state index contributed by atoms with van der Waals surface area (Å²) in [6, 6.07) is 1.34. The summed E-state index contributed by atoms with van der Waals surface area (Å²) in [6.45, 7) is -0.152. The van der Waals surface area contributed by atoms with Crippen LogP contribution < -0.4 is 16.0 Å². The van der Waals surface area contributed by atoms with Gasteiger partial charge in [-0.3, -0.25) is 0 Å². The van der Waals surface area contributed by atoms with E-state index in [9.17, 15) is 16.8 Å². The van der Waals surface area contributed by atoms with Crippen molar-refractivity contribution in [3.8, 4) is 0 Å². The van der Waals surface area contributed by atoms with E-state index in [-0.39, 0.29) is 23.0 Å². The highest BCUT2D eigenvalue weighted by Gasteiger charge is 2.32. The molecule has 1 aliphatic heterocycles. The molecule has 0 saturated carbocycles. The van der Waals surface area contributed by atoms with Crippen LogP contribution in [0.1, 0.15) is 12.8 Å². The molecule has 1 aromatic heterocycles. The Bertz CT molecular complexity index is 735. The number of nitrogens with zero attached hydrogens (tertiary/aromatic N) is 1. The normalized spacial score (nSPS) is 21.3. The fraction of sp³-hybridized carbons (Fsp3) is 0.500. The molecule has 1 unspecified atom stereocenters. The number of pyridine rings is 1. The number of nitrogen functional groups attached to an aromatic ring is 1. The maximum Gasteiger partial charge on any atom is 0.244 e. The van der Waals surface area contributed by atoms with Crippen molar-refractivity contribution in [1.29, 1.82) is 0 Å². The van der Waals surface area contributed by atoms with Crippen molar-refractivity contribution < 1.29 is 16.8 Å². The maximum atomic E-state index is 12.3. The van der Waals surface area contributed by atoms with Crippen molar-refractivity contribution in [2.24, 2.45) is 5.84 Å². The van der Waals surface area contributed by atoms with E-state index in [2.05, 4.69) is 31.1 Å². The van der Waals surface area contributed by atoms with E-state index >= 15 is 0 Å². The van der Waals surface area contributed by atoms with Gasteiger partial charge in [0.2, 0.25) is 10.0 Å². The summed E-state index contributed by atoms with van der Waals surface area (Å²) in [6.07, 6.45) is 2.42. The van der Waals surface area contributed by atoms with Gasteiger partial charge in [0.15, 0.2) is 15.7 Å². The van der Waals surface area contributed by atoms with Crippen molar-refractivity contribution >= 4 is 41.6 Å². The van der Waals surface area contributed by atoms with Crippen molar-refractivity contribution in [2.75, 3.05) is 17.7 Å². The van der Waals surface area contributed by atoms with Crippen LogP contribution in [0.3, 0.4) is 0 Å². The number of halogens is 1. The van der Waals surface area contributed by atoms with E-state index in [0.29, 0.717) is 17.3 Å². The first kappa shape index (κ1) is 16.6. The number of hydrogen-bond acceptors (Lipinski definition) is 7. The SMILES string of the molecule is NNc1ncc(Br)cc1S(=O)(=O)NCC1CCCS1(=O)=O. The van der Waals surface area contributed by atoms with Crippen LogP contribution >= 0.6 is 15.9 Å². The molecule has 4 N–H and O–H groups in total. The molecule has 8 nitrogen and oxygen atoms in total. The minimum atomic E-state index is -3.91. The van der Waals surface area contributed by atoms with E-state index < -0.39 is 25.1 Å². The minimum absolute atomic E-state index is 0.0139. The lowest BCUT2D eigenvalue weighted by atomic mass is 10.2. The zero-order valence-corrected chi connectivity index (χ0v) is 14.1. The Balaban J connectivity index is 2.21. The Morgan fingerprint density at radius 1 is 1.48 bits per heavy atom. The van der Waals surface area contributed by atoms with E-state index in [4.69, 9.17) is 5.84 Å². The number of anilines is 1. The van der Waals surface area contributed by atoms with Gasteiger partial charge in [-0.2, -0.15) is 0 Å². The number of nitrogens with two attached hydrogens (primary N) is 1. The van der Waals surface area contributed by atoms with Crippen molar-refractivity contribution in [1.82, 2.24) is 9.71 Å². The van der Waals surface area contributed by atoms with Gasteiger partial charge in [-0.05, 0) is 34.8 Å². The molecule has 1 atom stereocenters. The van der Waals surface area contributed by atoms with Crippen LogP contribution in [0.25, 0.3) is 0 Å². The topological polar surface area (TPSA) is 131 Å². The molecule has 2 heterocycles. The molecule has 0 radical (unpaired) electrons. The number of nitrogens with one attached hydrogen (secondary N) is 2. The molecule has 118 valence electrons. The largest absolute Gasteiger partial charge is 0.307 e. The Morgan fingerprint density at radius 3 is 2.76 bits per heavy atom. The average Bonchev–Trinajstić information content (AvgIpc) is 2.75. The van der Waals surface area contributed by atoms with Gasteiger partial charge in [0.1, 0.15) is 4.90 Å². The number of hydrazine groups is 1. The van der Waals surface area contributed by atoms with Gasteiger partial charge >= 0.3 is 0 Å². The number of aromatic nitrogens is 1. The maximum absolute atomic E-state index is 12.3. The summed E-state index contributed by atoms with van der Waals surface area (Å²) >= 11 is 3.13. The van der Waals surface area contributed by atoms with Gasteiger partial charge < -0.3 is 5.43 Å². The highest BCUT2D eigenvalue weighted by atomic mass is 79.9. The van der Waals surface area contributed by atoms with E-state index in [1.54, 1.807) is 0 Å². The molecule has 2 rings (SSSR count). The van der Waals surface area contributed by atoms with Crippen molar-refractivity contribution in [2.45, 2.75) is 23.0 Å². The lowest BCUT2D eigenvalue weighted by Gasteiger charge is -2.13. The molecule has 21 heavy (non-hydrogen) atoms. The van der Waals surface area contributed by atoms with Crippen LogP contribution in [-0.4, -0.2) is 39.4 Å². The fourth-order valence-corrected chi connectivity index (χ4v) is 5.68. The summed E-state index contributed by atoms with van der Waals surface area (Å²) in [5.74, 6) is 5.33. The number of hydrogen-bond donors (Lipinski definition) is 3. The predicted molar refractivity (Wildman–Crippen MR) is 81.7 cm³/mol. The van der Waals surface area contributed by atoms with Crippen LogP contribution in [0, 0.1) is 0 Å². The summed E-state index contributed by atoms with van der Waals surface area (Å²) in [5, 5.41) is -0.679. The second-order valence-electron chi connectivity index (χ2n) is 4.63. The lowest BCUT2D eigenvalue weighted by Crippen LogP contribution is -2.35. The number of sulfone groups is 1. The van der Waals surface area contributed by atoms with Crippen LogP contribution in [-0.2, 0) is 19.9 Å². The molecule has 1 aromatic rings. The summed E-state index contributed by atoms with van der Waals surface area (Å²) in [4.78, 5) is 3.71. The number of rotatable bonds is 5. The molecule has 1 fully saturated rings. The molecule has 0 bridgehead atoms. The zero-order chi connectivity index (χ0) is 15.7. The lowest BCUT2D eigenvalue weighted by molar-refractivity contribution is 0.571. The molecule has 1 aliphatic rings. The molecule has 11 heteroatoms. The van der Waals surface area contributed by atoms with Gasteiger partial charge in [0, 0.05) is 17.2 Å². The van der Waals surface area contributed by atoms with Crippen LogP contribution in [0.5, 0.6) is 0 Å². The van der Waals surface area contributed by atoms with Gasteiger partial charge in [0.25, 0.3) is 0 Å². The molecular formula is C10H15BrN4O4S2. The molecule has 0 aromatic carbocycles. The second-order valence-corrected chi connectivity index (χ2v) is 9.68. The van der Waals surface area contributed by atoms with Gasteiger partial charge in [-0.15, -0.1) is 0 Å². The second kappa shape index (κ2) is 6.16. The predicted octanol–water partition coefficient (Wildman–Crippen LogP) is -0.0148. The molecule has 1 saturated heterocycles. The summed E-state index contributed by atoms with van der Waals surface area (Å²) in [7, 11) is -7.12. The van der Waals surface area contributed by atoms with E-state index in [1.165, 1.54) is 12.3 Å². The standard InChI is InChI=1S/C10H15BrN4O4S2/c11-7-4-9(10(15-12)13-5-7)21(18,19)14-6-8-2-1-3-20(8,16)17/h4-5,8,14H,1-3,6,12H2,(H,13,15). The highest BCUT2D eigenvalue weighted by molar-refractivity contribution is 9.10. The zero-order valence-electron chi connectivity index (χ0n) is 10.9. The Labute approximate surface area is 131 Å². The molecule has 0 spiro atoms. The first-order valence-corrected chi connectivity index (χ1v) is 10.1. The van der Waals surface area contributed by atoms with Crippen LogP contribution in [0.15, 0.2) is 21.6 Å². The van der Waals surface area contributed by atoms with E-state index in [1.807, 2.05) is 0 Å². The van der Waals surface area contributed by atoms with Crippen LogP contribution in [0.4, 0.5) is 5.82 Å². The van der Waals surface area contributed by atoms with Gasteiger partial charge in [0.05, 0.1) is 11.0 Å². The Kier molecular flexibility index (Phi) is 4.88. The number of sulfonamides is 1. The first-order valence-electron chi connectivity index (χ1n) is 6.09. The fourth-order valence-electron chi connectivity index (χ4n) is 2.10. The Morgan fingerprint density at radius 2 is 2.19 bits per heavy atom. The van der Waals surface area contributed by atoms with Crippen molar-refractivity contribution in [3.05, 3.63) is 16.7 Å². The quantitative estimate of drug-likeness (QED) is 0.469. The smallest absolute Gasteiger partial charge is 0.244 e. The summed E-state index contributed by atoms with van der Waals surface area (Å²) in [5.41, 5.74) is 2.20. The first-order chi connectivity index (χ1) is 9.76. The average molecular weight is 399 g/mol. The summed E-state index contributed by atoms with van der Waals surface area (Å²) < 4.78 is 50.7. The Hall–Kier alpha value is -0.750. The third-order valence-electron chi connectivity index (χ3n) is 3.21. The minimum Gasteiger partial charge on any atom is -0.307 e. The molecule has 0 aliphatic carbocycles. The van der Waals surface area contributed by atoms with Gasteiger partial charge in [-0.25, -0.2) is 32.4 Å². The molecule has 0 amide bonds. The monoisotopic (exact) mass is 398 g/mol. The van der Waals surface area contributed by atoms with Crippen molar-refractivity contribution in [3.63, 3.8) is 0 Å².